The summed E-state index contributed by atoms with van der Waals surface area (Å²) in [5.41, 5.74) is -0.367. The van der Waals surface area contributed by atoms with Crippen LogP contribution in [0.4, 0.5) is 22.0 Å². The van der Waals surface area contributed by atoms with Gasteiger partial charge in [0, 0.05) is 5.02 Å². The number of methoxy groups -OCH3 is 1. The van der Waals surface area contributed by atoms with Crippen molar-refractivity contribution in [2.75, 3.05) is 20.3 Å². The van der Waals surface area contributed by atoms with Crippen LogP contribution in [0, 0.1) is 5.92 Å². The lowest BCUT2D eigenvalue weighted by Gasteiger charge is -2.28. The van der Waals surface area contributed by atoms with Crippen molar-refractivity contribution in [3.05, 3.63) is 64.7 Å². The van der Waals surface area contributed by atoms with E-state index in [1.54, 1.807) is 24.3 Å². The predicted molar refractivity (Wildman–Crippen MR) is 161 cm³/mol. The van der Waals surface area contributed by atoms with Gasteiger partial charge in [0.05, 0.1) is 25.2 Å². The lowest BCUT2D eigenvalue weighted by atomic mass is 9.94. The summed E-state index contributed by atoms with van der Waals surface area (Å²) < 4.78 is 72.0. The van der Waals surface area contributed by atoms with Crippen LogP contribution in [0.2, 0.25) is 5.02 Å². The monoisotopic (exact) mass is 704 g/mol. The molecule has 1 aliphatic rings. The number of rotatable bonds is 15. The van der Waals surface area contributed by atoms with Crippen LogP contribution >= 0.6 is 11.6 Å². The van der Waals surface area contributed by atoms with Gasteiger partial charge in [-0.05, 0) is 54.2 Å². The van der Waals surface area contributed by atoms with E-state index in [-0.39, 0.29) is 5.56 Å². The number of halogens is 6. The highest BCUT2D eigenvalue weighted by Gasteiger charge is 2.53. The Bertz CT molecular complexity index is 1520. The lowest BCUT2D eigenvalue weighted by molar-refractivity contribution is -0.165. The third-order valence-electron chi connectivity index (χ3n) is 7.66. The first kappa shape index (κ1) is 38.1. The van der Waals surface area contributed by atoms with Crippen molar-refractivity contribution in [3.8, 4) is 5.75 Å². The fraction of sp³-hybridized carbons (Fsp3) is 0.452. The molecule has 1 aliphatic carbocycles. The molecule has 262 valence electrons. The summed E-state index contributed by atoms with van der Waals surface area (Å²) in [5.74, 6) is -13.3. The van der Waals surface area contributed by atoms with Crippen LogP contribution < -0.4 is 26.0 Å². The Morgan fingerprint density at radius 3 is 2.06 bits per heavy atom. The average Bonchev–Trinajstić information content (AvgIpc) is 3.85. The van der Waals surface area contributed by atoms with Gasteiger partial charge in [-0.25, -0.2) is 0 Å². The highest BCUT2D eigenvalue weighted by molar-refractivity contribution is 6.30. The van der Waals surface area contributed by atoms with Crippen molar-refractivity contribution in [1.82, 2.24) is 21.3 Å². The van der Waals surface area contributed by atoms with E-state index >= 15 is 0 Å². The van der Waals surface area contributed by atoms with Gasteiger partial charge in [0.15, 0.2) is 0 Å². The van der Waals surface area contributed by atoms with E-state index < -0.39 is 84.1 Å². The van der Waals surface area contributed by atoms with Crippen LogP contribution in [-0.4, -0.2) is 79.0 Å². The summed E-state index contributed by atoms with van der Waals surface area (Å²) in [6.07, 6.45) is -4.18. The maximum absolute atomic E-state index is 14.7. The predicted octanol–water partition coefficient (Wildman–Crippen LogP) is 2.74. The standard InChI is InChI=1S/C31H34ClF5N4O7/c1-16(2)22(24(43)31(36,37)28(47)38-15-30(33,34)35)40-26(45)23(17-7-9-20(48-3)10-8-17)41-25(44)21(14-42)39-27(46)29(11-12-29)18-5-4-6-19(32)13-18/h4-10,13,16,21-23,42H,11-12,14-15H2,1-3H3,(H,38,47)(H,39,46)(H,40,45)(H,41,44). The second-order valence-electron chi connectivity index (χ2n) is 11.5. The van der Waals surface area contributed by atoms with Gasteiger partial charge in [-0.15, -0.1) is 0 Å². The Kier molecular flexibility index (Phi) is 12.1. The Morgan fingerprint density at radius 1 is 0.938 bits per heavy atom. The van der Waals surface area contributed by atoms with Crippen LogP contribution in [0.5, 0.6) is 5.75 Å². The fourth-order valence-corrected chi connectivity index (χ4v) is 4.95. The third-order valence-corrected chi connectivity index (χ3v) is 7.89. The molecule has 3 rings (SSSR count). The third kappa shape index (κ3) is 9.18. The summed E-state index contributed by atoms with van der Waals surface area (Å²) in [7, 11) is 1.36. The van der Waals surface area contributed by atoms with Gasteiger partial charge < -0.3 is 31.1 Å². The Morgan fingerprint density at radius 2 is 1.56 bits per heavy atom. The summed E-state index contributed by atoms with van der Waals surface area (Å²) in [5, 5.41) is 18.2. The van der Waals surface area contributed by atoms with Gasteiger partial charge in [-0.1, -0.05) is 49.7 Å². The number of ether oxygens (including phenoxy) is 1. The maximum Gasteiger partial charge on any atom is 0.405 e. The molecule has 4 amide bonds. The molecule has 2 aromatic rings. The number of aliphatic hydroxyl groups is 1. The number of ketones is 1. The molecule has 0 radical (unpaired) electrons. The van der Waals surface area contributed by atoms with Crippen molar-refractivity contribution >= 4 is 41.0 Å². The van der Waals surface area contributed by atoms with Crippen LogP contribution in [-0.2, 0) is 29.4 Å². The van der Waals surface area contributed by atoms with Gasteiger partial charge in [0.25, 0.3) is 5.91 Å². The Balaban J connectivity index is 1.85. The minimum Gasteiger partial charge on any atom is -0.497 e. The molecular formula is C31H34ClF5N4O7. The summed E-state index contributed by atoms with van der Waals surface area (Å²) in [6.45, 7) is -0.564. The van der Waals surface area contributed by atoms with Crippen molar-refractivity contribution in [2.45, 2.75) is 62.3 Å². The number of carbonyl (C=O) groups is 5. The molecule has 5 N–H and O–H groups in total. The van der Waals surface area contributed by atoms with E-state index in [9.17, 15) is 51.0 Å². The first-order chi connectivity index (χ1) is 22.4. The average molecular weight is 705 g/mol. The molecule has 1 saturated carbocycles. The lowest BCUT2D eigenvalue weighted by Crippen LogP contribution is -2.59. The molecule has 48 heavy (non-hydrogen) atoms. The van der Waals surface area contributed by atoms with E-state index in [0.29, 0.717) is 29.2 Å². The molecule has 0 saturated heterocycles. The molecule has 0 aromatic heterocycles. The molecule has 0 bridgehead atoms. The van der Waals surface area contributed by atoms with Gasteiger partial charge in [0.2, 0.25) is 23.5 Å². The molecule has 0 spiro atoms. The molecule has 0 heterocycles. The zero-order valence-corrected chi connectivity index (χ0v) is 26.7. The first-order valence-corrected chi connectivity index (χ1v) is 14.9. The van der Waals surface area contributed by atoms with E-state index in [4.69, 9.17) is 16.3 Å². The van der Waals surface area contributed by atoms with Gasteiger partial charge in [-0.3, -0.25) is 24.0 Å². The molecule has 1 fully saturated rings. The van der Waals surface area contributed by atoms with E-state index in [1.807, 2.05) is 0 Å². The number of benzene rings is 2. The van der Waals surface area contributed by atoms with Crippen molar-refractivity contribution in [1.29, 1.82) is 0 Å². The highest BCUT2D eigenvalue weighted by atomic mass is 35.5. The van der Waals surface area contributed by atoms with Crippen molar-refractivity contribution < 1.29 is 55.8 Å². The van der Waals surface area contributed by atoms with Crippen LogP contribution in [0.1, 0.15) is 43.9 Å². The van der Waals surface area contributed by atoms with E-state index in [2.05, 4.69) is 16.0 Å². The number of alkyl halides is 5. The molecule has 11 nitrogen and oxygen atoms in total. The Labute approximate surface area is 276 Å². The highest BCUT2D eigenvalue weighted by Crippen LogP contribution is 2.49. The number of aliphatic hydroxyl groups excluding tert-OH is 1. The minimum atomic E-state index is -5.04. The topological polar surface area (TPSA) is 163 Å². The zero-order valence-electron chi connectivity index (χ0n) is 25.9. The minimum absolute atomic E-state index is 0.0480. The number of hydrogen-bond donors (Lipinski definition) is 5. The van der Waals surface area contributed by atoms with E-state index in [1.165, 1.54) is 45.2 Å². The summed E-state index contributed by atoms with van der Waals surface area (Å²) in [6, 6.07) is 6.60. The molecule has 3 unspecified atom stereocenters. The second kappa shape index (κ2) is 15.3. The van der Waals surface area contributed by atoms with Gasteiger partial charge in [-0.2, -0.15) is 22.0 Å². The quantitative estimate of drug-likeness (QED) is 0.141. The smallest absolute Gasteiger partial charge is 0.405 e. The molecular weight excluding hydrogens is 671 g/mol. The van der Waals surface area contributed by atoms with Crippen molar-refractivity contribution in [2.24, 2.45) is 5.92 Å². The molecule has 3 atom stereocenters. The Hall–Kier alpha value is -4.31. The first-order valence-electron chi connectivity index (χ1n) is 14.6. The number of Topliss-reactive ketones (excluding diaryl/α,β-unsaturated/α-hetero) is 1. The summed E-state index contributed by atoms with van der Waals surface area (Å²) in [4.78, 5) is 64.9. The summed E-state index contributed by atoms with van der Waals surface area (Å²) >= 11 is 6.07. The number of nitrogens with one attached hydrogen (secondary N) is 4. The van der Waals surface area contributed by atoms with Crippen LogP contribution in [0.15, 0.2) is 48.5 Å². The molecule has 0 aliphatic heterocycles. The van der Waals surface area contributed by atoms with Crippen LogP contribution in [0.3, 0.4) is 0 Å². The SMILES string of the molecule is COc1ccc(C(NC(=O)C(CO)NC(=O)C2(c3cccc(Cl)c3)CC2)C(=O)NC(C(=O)C(F)(F)C(=O)NCC(F)(F)F)C(C)C)cc1. The largest absolute Gasteiger partial charge is 0.497 e. The van der Waals surface area contributed by atoms with Gasteiger partial charge in [0.1, 0.15) is 24.4 Å². The maximum atomic E-state index is 14.7. The molecule has 17 heteroatoms. The van der Waals surface area contributed by atoms with E-state index in [0.717, 1.165) is 5.32 Å². The zero-order chi connectivity index (χ0) is 36.0. The normalized spacial score (nSPS) is 15.8. The van der Waals surface area contributed by atoms with Crippen LogP contribution in [0.25, 0.3) is 0 Å². The fourth-order valence-electron chi connectivity index (χ4n) is 4.76. The molecule has 2 aromatic carbocycles. The van der Waals surface area contributed by atoms with Gasteiger partial charge >= 0.3 is 12.1 Å². The second-order valence-corrected chi connectivity index (χ2v) is 11.9. The number of amides is 4. The number of carbonyl (C=O) groups excluding carboxylic acids is 5. The van der Waals surface area contributed by atoms with Crippen molar-refractivity contribution in [3.63, 3.8) is 0 Å². The number of hydrogen-bond acceptors (Lipinski definition) is 7.